The first-order valence-electron chi connectivity index (χ1n) is 7.14. The fourth-order valence-electron chi connectivity index (χ4n) is 2.50. The molecule has 2 amide bonds. The van der Waals surface area contributed by atoms with Gasteiger partial charge in [-0.3, -0.25) is 9.59 Å². The van der Waals surface area contributed by atoms with Crippen molar-refractivity contribution in [1.29, 1.82) is 0 Å². The maximum absolute atomic E-state index is 13.7. The number of benzene rings is 1. The van der Waals surface area contributed by atoms with Crippen molar-refractivity contribution in [2.75, 3.05) is 26.2 Å². The predicted molar refractivity (Wildman–Crippen MR) is 84.6 cm³/mol. The Bertz CT molecular complexity index is 738. The van der Waals surface area contributed by atoms with E-state index in [9.17, 15) is 14.0 Å². The molecule has 0 bridgehead atoms. The molecule has 2 aromatic rings. The molecule has 1 aliphatic rings. The summed E-state index contributed by atoms with van der Waals surface area (Å²) >= 11 is 3.16. The van der Waals surface area contributed by atoms with Crippen molar-refractivity contribution in [2.45, 2.75) is 0 Å². The molecule has 0 radical (unpaired) electrons. The summed E-state index contributed by atoms with van der Waals surface area (Å²) in [5.74, 6) is -0.841. The summed E-state index contributed by atoms with van der Waals surface area (Å²) in [6.07, 6.45) is 0. The van der Waals surface area contributed by atoms with Crippen molar-refractivity contribution < 1.29 is 18.4 Å². The first-order valence-corrected chi connectivity index (χ1v) is 7.94. The number of nitrogens with zero attached hydrogens (tertiary/aromatic N) is 2. The van der Waals surface area contributed by atoms with E-state index in [1.165, 1.54) is 12.1 Å². The van der Waals surface area contributed by atoms with E-state index < -0.39 is 5.82 Å². The normalized spacial score (nSPS) is 14.9. The number of carbonyl (C=O) groups excluding carboxylic acids is 2. The number of hydrogen-bond donors (Lipinski definition) is 0. The number of amides is 2. The average molecular weight is 381 g/mol. The van der Waals surface area contributed by atoms with E-state index in [0.717, 1.165) is 0 Å². The zero-order valence-corrected chi connectivity index (χ0v) is 13.8. The Balaban J connectivity index is 1.63. The summed E-state index contributed by atoms with van der Waals surface area (Å²) < 4.78 is 19.4. The highest BCUT2D eigenvalue weighted by atomic mass is 79.9. The van der Waals surface area contributed by atoms with Crippen molar-refractivity contribution in [3.8, 4) is 0 Å². The van der Waals surface area contributed by atoms with Gasteiger partial charge in [-0.1, -0.05) is 12.1 Å². The van der Waals surface area contributed by atoms with Crippen LogP contribution < -0.4 is 0 Å². The molecular weight excluding hydrogens is 367 g/mol. The lowest BCUT2D eigenvalue weighted by Gasteiger charge is -2.34. The summed E-state index contributed by atoms with van der Waals surface area (Å²) in [4.78, 5) is 27.8. The fraction of sp³-hybridized carbons (Fsp3) is 0.250. The second-order valence-electron chi connectivity index (χ2n) is 5.17. The van der Waals surface area contributed by atoms with Crippen LogP contribution in [-0.4, -0.2) is 47.8 Å². The van der Waals surface area contributed by atoms with Crippen LogP contribution in [0, 0.1) is 5.82 Å². The summed E-state index contributed by atoms with van der Waals surface area (Å²) in [5, 5.41) is 0. The zero-order chi connectivity index (χ0) is 16.4. The highest BCUT2D eigenvalue weighted by Crippen LogP contribution is 2.17. The maximum Gasteiger partial charge on any atom is 0.289 e. The number of hydrogen-bond acceptors (Lipinski definition) is 3. The Morgan fingerprint density at radius 2 is 1.57 bits per heavy atom. The van der Waals surface area contributed by atoms with Gasteiger partial charge in [0.05, 0.1) is 5.56 Å². The summed E-state index contributed by atoms with van der Waals surface area (Å²) in [6.45, 7) is 1.50. The van der Waals surface area contributed by atoms with Crippen molar-refractivity contribution in [1.82, 2.24) is 9.80 Å². The highest BCUT2D eigenvalue weighted by Gasteiger charge is 2.27. The van der Waals surface area contributed by atoms with Gasteiger partial charge in [0.25, 0.3) is 11.8 Å². The van der Waals surface area contributed by atoms with E-state index >= 15 is 0 Å². The molecular formula is C16H14BrFN2O3. The van der Waals surface area contributed by atoms with E-state index in [2.05, 4.69) is 15.9 Å². The zero-order valence-electron chi connectivity index (χ0n) is 12.2. The lowest BCUT2D eigenvalue weighted by Crippen LogP contribution is -2.50. The van der Waals surface area contributed by atoms with E-state index in [1.54, 1.807) is 34.1 Å². The Morgan fingerprint density at radius 1 is 0.957 bits per heavy atom. The maximum atomic E-state index is 13.7. The fourth-order valence-corrected chi connectivity index (χ4v) is 2.81. The molecule has 1 aliphatic heterocycles. The second kappa shape index (κ2) is 6.54. The summed E-state index contributed by atoms with van der Waals surface area (Å²) in [6, 6.07) is 9.17. The first-order chi connectivity index (χ1) is 11.1. The van der Waals surface area contributed by atoms with Crippen LogP contribution in [0.3, 0.4) is 0 Å². The predicted octanol–water partition coefficient (Wildman–Crippen LogP) is 2.78. The van der Waals surface area contributed by atoms with E-state index in [4.69, 9.17) is 4.42 Å². The van der Waals surface area contributed by atoms with Crippen molar-refractivity contribution in [3.63, 3.8) is 0 Å². The average Bonchev–Trinajstić information content (AvgIpc) is 3.01. The van der Waals surface area contributed by atoms with Gasteiger partial charge in [0, 0.05) is 26.2 Å². The monoisotopic (exact) mass is 380 g/mol. The van der Waals surface area contributed by atoms with E-state index in [0.29, 0.717) is 30.8 Å². The molecule has 0 spiro atoms. The molecule has 3 rings (SSSR count). The Morgan fingerprint density at radius 3 is 2.13 bits per heavy atom. The van der Waals surface area contributed by atoms with Gasteiger partial charge in [0.1, 0.15) is 5.82 Å². The van der Waals surface area contributed by atoms with E-state index in [-0.39, 0.29) is 23.1 Å². The molecule has 0 saturated carbocycles. The molecule has 7 heteroatoms. The van der Waals surface area contributed by atoms with Gasteiger partial charge in [0.15, 0.2) is 10.4 Å². The third-order valence-electron chi connectivity index (χ3n) is 3.74. The lowest BCUT2D eigenvalue weighted by molar-refractivity contribution is 0.0515. The first kappa shape index (κ1) is 15.7. The summed E-state index contributed by atoms with van der Waals surface area (Å²) in [5.41, 5.74) is 0.0576. The molecule has 0 aliphatic carbocycles. The van der Waals surface area contributed by atoms with Crippen molar-refractivity contribution in [2.24, 2.45) is 0 Å². The molecule has 1 saturated heterocycles. The van der Waals surface area contributed by atoms with Crippen molar-refractivity contribution >= 4 is 27.7 Å². The van der Waals surface area contributed by atoms with Crippen LogP contribution in [-0.2, 0) is 0 Å². The minimum atomic E-state index is -0.531. The van der Waals surface area contributed by atoms with E-state index in [1.807, 2.05) is 0 Å². The molecule has 1 fully saturated rings. The molecule has 2 heterocycles. The largest absolute Gasteiger partial charge is 0.444 e. The van der Waals surface area contributed by atoms with Gasteiger partial charge >= 0.3 is 0 Å². The smallest absolute Gasteiger partial charge is 0.289 e. The number of furan rings is 1. The van der Waals surface area contributed by atoms with Crippen LogP contribution in [0.2, 0.25) is 0 Å². The van der Waals surface area contributed by atoms with Crippen molar-refractivity contribution in [3.05, 3.63) is 58.2 Å². The third kappa shape index (κ3) is 3.29. The molecule has 120 valence electrons. The van der Waals surface area contributed by atoms with Crippen LogP contribution in [0.4, 0.5) is 4.39 Å². The third-order valence-corrected chi connectivity index (χ3v) is 4.17. The molecule has 1 aromatic carbocycles. The van der Waals surface area contributed by atoms with Gasteiger partial charge in [-0.2, -0.15) is 0 Å². The number of rotatable bonds is 2. The minimum absolute atomic E-state index is 0.0576. The quantitative estimate of drug-likeness (QED) is 0.804. The van der Waals surface area contributed by atoms with Crippen LogP contribution in [0.5, 0.6) is 0 Å². The SMILES string of the molecule is O=C(c1ccc(Br)o1)N1CCN(C(=O)c2ccccc2F)CC1. The molecule has 1 aromatic heterocycles. The topological polar surface area (TPSA) is 53.8 Å². The Hall–Kier alpha value is -2.15. The molecule has 5 nitrogen and oxygen atoms in total. The van der Waals surface area contributed by atoms with Crippen LogP contribution >= 0.6 is 15.9 Å². The minimum Gasteiger partial charge on any atom is -0.444 e. The molecule has 0 atom stereocenters. The highest BCUT2D eigenvalue weighted by molar-refractivity contribution is 9.10. The molecule has 0 N–H and O–H groups in total. The van der Waals surface area contributed by atoms with Gasteiger partial charge in [-0.15, -0.1) is 0 Å². The Kier molecular flexibility index (Phi) is 4.47. The van der Waals surface area contributed by atoms with Gasteiger partial charge < -0.3 is 14.2 Å². The van der Waals surface area contributed by atoms with Crippen LogP contribution in [0.15, 0.2) is 45.5 Å². The molecule has 0 unspecified atom stereocenters. The van der Waals surface area contributed by atoms with Crippen LogP contribution in [0.1, 0.15) is 20.9 Å². The second-order valence-corrected chi connectivity index (χ2v) is 5.95. The number of halogens is 2. The lowest BCUT2D eigenvalue weighted by atomic mass is 10.1. The van der Waals surface area contributed by atoms with Crippen LogP contribution in [0.25, 0.3) is 0 Å². The molecule has 23 heavy (non-hydrogen) atoms. The number of carbonyl (C=O) groups is 2. The summed E-state index contributed by atoms with van der Waals surface area (Å²) in [7, 11) is 0. The van der Waals surface area contributed by atoms with Gasteiger partial charge in [0.2, 0.25) is 0 Å². The Labute approximate surface area is 140 Å². The standard InChI is InChI=1S/C16H14BrFN2O3/c17-14-6-5-13(23-14)16(22)20-9-7-19(8-10-20)15(21)11-3-1-2-4-12(11)18/h1-6H,7-10H2. The number of piperazine rings is 1. The van der Waals surface area contributed by atoms with Gasteiger partial charge in [-0.05, 0) is 40.2 Å². The van der Waals surface area contributed by atoms with Gasteiger partial charge in [-0.25, -0.2) is 4.39 Å².